The Hall–Kier alpha value is -0.399. The van der Waals surface area contributed by atoms with Crippen LogP contribution < -0.4 is 10.2 Å². The largest absolute Gasteiger partial charge is 2.00 e. The van der Waals surface area contributed by atoms with E-state index in [-0.39, 0.29) is 57.2 Å². The second-order valence-corrected chi connectivity index (χ2v) is 6.77. The number of ether oxygens (including phenoxy) is 4. The fraction of sp³-hybridized carbons (Fsp3) is 0.800. The van der Waals surface area contributed by atoms with E-state index in [9.17, 15) is 10.2 Å². The summed E-state index contributed by atoms with van der Waals surface area (Å²) >= 11 is 0. The predicted octanol–water partition coefficient (Wildman–Crippen LogP) is -1.78. The van der Waals surface area contributed by atoms with Gasteiger partial charge in [-0.15, -0.1) is 0 Å². The van der Waals surface area contributed by atoms with Crippen molar-refractivity contribution in [2.75, 3.05) is 109 Å². The fourth-order valence-corrected chi connectivity index (χ4v) is 1.86. The Balaban J connectivity index is -0.000000490. The molecule has 0 amide bonds. The number of nitrogens with zero attached hydrogens (tertiary/aromatic N) is 4. The van der Waals surface area contributed by atoms with Gasteiger partial charge in [0.15, 0.2) is 0 Å². The fourth-order valence-electron chi connectivity index (χ4n) is 1.86. The topological polar surface area (TPSA) is 96.0 Å². The number of rotatable bonds is 16. The van der Waals surface area contributed by atoms with Crippen molar-refractivity contribution in [2.45, 2.75) is 0 Å². The summed E-state index contributed by atoms with van der Waals surface area (Å²) in [6.45, 7) is 5.17. The molecule has 0 aliphatic heterocycles. The molecule has 0 atom stereocenters. The summed E-state index contributed by atoms with van der Waals surface area (Å²) in [4.78, 5) is 6.86. The van der Waals surface area contributed by atoms with Gasteiger partial charge in [-0.25, -0.2) is 0 Å². The molecule has 0 saturated heterocycles. The van der Waals surface area contributed by atoms with Crippen molar-refractivity contribution in [1.82, 2.24) is 19.6 Å². The Morgan fingerprint density at radius 2 is 0.806 bits per heavy atom. The van der Waals surface area contributed by atoms with E-state index in [2.05, 4.69) is 0 Å². The maximum atomic E-state index is 11.4. The van der Waals surface area contributed by atoms with E-state index in [1.807, 2.05) is 9.80 Å². The third-order valence-electron chi connectivity index (χ3n) is 3.80. The Morgan fingerprint density at radius 3 is 0.968 bits per heavy atom. The van der Waals surface area contributed by atoms with Crippen LogP contribution in [0.1, 0.15) is 0 Å². The van der Waals surface area contributed by atoms with Gasteiger partial charge in [-0.05, 0) is 11.8 Å². The summed E-state index contributed by atoms with van der Waals surface area (Å²) < 4.78 is 19.9. The molecule has 0 aliphatic rings. The normalized spacial score (nSPS) is 11.2. The molecule has 0 fully saturated rings. The van der Waals surface area contributed by atoms with Crippen LogP contribution in [0.4, 0.5) is 0 Å². The minimum Gasteiger partial charge on any atom is -0.859 e. The number of methoxy groups -OCH3 is 4. The van der Waals surface area contributed by atoms with Gasteiger partial charge in [-0.1, -0.05) is 0 Å². The molecule has 0 saturated carbocycles. The molecule has 0 aliphatic carbocycles. The zero-order valence-electron chi connectivity index (χ0n) is 20.8. The molecule has 0 radical (unpaired) electrons. The monoisotopic (exact) mass is 522 g/mol. The Kier molecular flexibility index (Phi) is 27.5. The van der Waals surface area contributed by atoms with Crippen LogP contribution in [0.2, 0.25) is 0 Å². The van der Waals surface area contributed by atoms with Gasteiger partial charge in [-0.2, -0.15) is 0 Å². The molecule has 0 unspecified atom stereocenters. The average molecular weight is 522 g/mol. The summed E-state index contributed by atoms with van der Waals surface area (Å²) in [6, 6.07) is 0. The average Bonchev–Trinajstić information content (AvgIpc) is 2.71. The van der Waals surface area contributed by atoms with Crippen LogP contribution in [0, 0.1) is 0 Å². The van der Waals surface area contributed by atoms with Crippen molar-refractivity contribution in [2.24, 2.45) is 0 Å². The summed E-state index contributed by atoms with van der Waals surface area (Å²) in [5.74, 6) is -0.0515. The van der Waals surface area contributed by atoms with Crippen LogP contribution in [0.3, 0.4) is 0 Å². The maximum absolute atomic E-state index is 11.4. The van der Waals surface area contributed by atoms with Crippen LogP contribution in [0.5, 0.6) is 0 Å². The second kappa shape index (κ2) is 24.2. The third kappa shape index (κ3) is 22.6. The van der Waals surface area contributed by atoms with Gasteiger partial charge in [0.05, 0.1) is 26.4 Å². The van der Waals surface area contributed by atoms with E-state index in [1.54, 1.807) is 69.0 Å². The predicted molar refractivity (Wildman–Crippen MR) is 120 cm³/mol. The zero-order chi connectivity index (χ0) is 23.4. The van der Waals surface area contributed by atoms with Gasteiger partial charge in [0.1, 0.15) is 0 Å². The van der Waals surface area contributed by atoms with Gasteiger partial charge in [-0.3, -0.25) is 0 Å². The first-order valence-electron chi connectivity index (χ1n) is 9.79. The first-order valence-corrected chi connectivity index (χ1v) is 9.79. The molecule has 0 bridgehead atoms. The molecule has 0 aromatic heterocycles. The van der Waals surface area contributed by atoms with Crippen LogP contribution in [0.25, 0.3) is 0 Å². The van der Waals surface area contributed by atoms with Crippen LogP contribution >= 0.6 is 0 Å². The smallest absolute Gasteiger partial charge is 0.859 e. The van der Waals surface area contributed by atoms with Crippen molar-refractivity contribution in [1.29, 1.82) is 0 Å². The van der Waals surface area contributed by atoms with E-state index in [4.69, 9.17) is 18.9 Å². The summed E-state index contributed by atoms with van der Waals surface area (Å²) in [7, 11) is 13.5. The summed E-state index contributed by atoms with van der Waals surface area (Å²) in [5, 5.41) is 22.9. The van der Waals surface area contributed by atoms with Crippen molar-refractivity contribution < 1.29 is 29.2 Å². The summed E-state index contributed by atoms with van der Waals surface area (Å²) in [5.41, 5.74) is 0. The Bertz CT molecular complexity index is 397. The van der Waals surface area contributed by atoms with Gasteiger partial charge in [0.25, 0.3) is 0 Å². The standard InChI is InChI=1S/2C10H22N2O3.Sr/c2*1-11(2)10(13)9-12(5-7-14-3)6-8-15-4;/h2*9,13H,5-8H2,1-4H3;/q;;+2/p-2/b2*10-9-;. The molecule has 0 rings (SSSR count). The molecule has 0 N–H and O–H groups in total. The van der Waals surface area contributed by atoms with E-state index in [0.29, 0.717) is 52.6 Å². The van der Waals surface area contributed by atoms with E-state index in [0.717, 1.165) is 0 Å². The van der Waals surface area contributed by atoms with Gasteiger partial charge in [0.2, 0.25) is 0 Å². The minimum atomic E-state index is -0.0257. The quantitative estimate of drug-likeness (QED) is 0.171. The first-order chi connectivity index (χ1) is 14.2. The van der Waals surface area contributed by atoms with E-state index in [1.165, 1.54) is 9.80 Å². The first kappa shape index (κ1) is 35.2. The van der Waals surface area contributed by atoms with Gasteiger partial charge < -0.3 is 48.8 Å². The molecule has 31 heavy (non-hydrogen) atoms. The Morgan fingerprint density at radius 1 is 0.581 bits per heavy atom. The van der Waals surface area contributed by atoms with Crippen LogP contribution in [-0.4, -0.2) is 174 Å². The van der Waals surface area contributed by atoms with E-state index < -0.39 is 0 Å². The number of hydrogen-bond donors (Lipinski definition) is 0. The molecule has 180 valence electrons. The molecular weight excluding hydrogens is 480 g/mol. The molecule has 0 aromatic rings. The maximum Gasteiger partial charge on any atom is 2.00 e. The molecule has 10 nitrogen and oxygen atoms in total. The van der Waals surface area contributed by atoms with Crippen molar-refractivity contribution in [3.63, 3.8) is 0 Å². The van der Waals surface area contributed by atoms with Gasteiger partial charge >= 0.3 is 45.5 Å². The molecule has 11 heteroatoms. The Labute approximate surface area is 226 Å². The van der Waals surface area contributed by atoms with E-state index >= 15 is 0 Å². The second-order valence-electron chi connectivity index (χ2n) is 6.77. The SMILES string of the molecule is COCCN(/C=C(\[O-])N(C)C)CCOC.COCCN(/C=C(\[O-])N(C)C)CCOC.[Sr+2]. The minimum absolute atomic E-state index is 0. The number of hydrogen-bond acceptors (Lipinski definition) is 10. The van der Waals surface area contributed by atoms with Gasteiger partial charge in [0, 0.05) is 95.2 Å². The zero-order valence-corrected chi connectivity index (χ0v) is 24.2. The molecule has 0 spiro atoms. The third-order valence-corrected chi connectivity index (χ3v) is 3.80. The molecule has 0 heterocycles. The van der Waals surface area contributed by atoms with Crippen molar-refractivity contribution >= 4 is 45.5 Å². The summed E-state index contributed by atoms with van der Waals surface area (Å²) in [6.07, 6.45) is 3.16. The molecule has 0 aromatic carbocycles. The van der Waals surface area contributed by atoms with Crippen molar-refractivity contribution in [3.05, 3.63) is 24.2 Å². The van der Waals surface area contributed by atoms with Crippen LogP contribution in [0.15, 0.2) is 24.2 Å². The van der Waals surface area contributed by atoms with Crippen molar-refractivity contribution in [3.8, 4) is 0 Å². The van der Waals surface area contributed by atoms with Crippen LogP contribution in [-0.2, 0) is 18.9 Å². The molecular formula is C20H42N4O6Sr.